The molecule has 0 heterocycles. The molecule has 0 radical (unpaired) electrons. The Morgan fingerprint density at radius 1 is 1.25 bits per heavy atom. The summed E-state index contributed by atoms with van der Waals surface area (Å²) in [6, 6.07) is 0. The van der Waals surface area contributed by atoms with Crippen molar-refractivity contribution >= 4 is 0 Å². The van der Waals surface area contributed by atoms with Crippen molar-refractivity contribution in [3.63, 3.8) is 0 Å². The third kappa shape index (κ3) is 5.46. The molecule has 5 atom stereocenters. The first-order valence-electron chi connectivity index (χ1n) is 8.91. The molecule has 0 aromatic heterocycles. The molecule has 20 heavy (non-hydrogen) atoms. The molecule has 1 aliphatic carbocycles. The van der Waals surface area contributed by atoms with E-state index in [9.17, 15) is 0 Å². The molecule has 0 amide bonds. The standard InChI is InChI=1S/C20H36/c1-6-10-18(11-7-2)15-19(8-3)20-14-16(4)12-9-13-17(20)5/h6,9-10,12,16-20H,7-8,11,13-15H2,1-5H3. The first-order valence-corrected chi connectivity index (χ1v) is 8.91. The molecule has 0 aliphatic heterocycles. The molecule has 0 saturated heterocycles. The van der Waals surface area contributed by atoms with Crippen LogP contribution in [0.25, 0.3) is 0 Å². The largest absolute Gasteiger partial charge is 0.0914 e. The second-order valence-corrected chi connectivity index (χ2v) is 7.00. The molecule has 1 aliphatic rings. The Bertz CT molecular complexity index is 299. The quantitative estimate of drug-likeness (QED) is 0.457. The van der Waals surface area contributed by atoms with Crippen LogP contribution < -0.4 is 0 Å². The van der Waals surface area contributed by atoms with Gasteiger partial charge in [-0.2, -0.15) is 0 Å². The van der Waals surface area contributed by atoms with Gasteiger partial charge >= 0.3 is 0 Å². The Balaban J connectivity index is 2.71. The van der Waals surface area contributed by atoms with E-state index in [-0.39, 0.29) is 0 Å². The Labute approximate surface area is 127 Å². The van der Waals surface area contributed by atoms with E-state index in [2.05, 4.69) is 58.9 Å². The van der Waals surface area contributed by atoms with E-state index in [4.69, 9.17) is 0 Å². The normalized spacial score (nSPS) is 30.4. The highest BCUT2D eigenvalue weighted by Crippen LogP contribution is 2.38. The lowest BCUT2D eigenvalue weighted by atomic mass is 9.72. The van der Waals surface area contributed by atoms with Gasteiger partial charge in [-0.3, -0.25) is 0 Å². The van der Waals surface area contributed by atoms with E-state index in [1.165, 1.54) is 38.5 Å². The average Bonchev–Trinajstić information content (AvgIpc) is 2.58. The first-order chi connectivity index (χ1) is 9.62. The number of rotatable bonds is 7. The van der Waals surface area contributed by atoms with Gasteiger partial charge in [-0.15, -0.1) is 0 Å². The second kappa shape index (κ2) is 9.42. The predicted molar refractivity (Wildman–Crippen MR) is 91.8 cm³/mol. The highest BCUT2D eigenvalue weighted by atomic mass is 14.3. The van der Waals surface area contributed by atoms with Crippen molar-refractivity contribution in [3.8, 4) is 0 Å². The van der Waals surface area contributed by atoms with Crippen LogP contribution in [0.15, 0.2) is 24.3 Å². The number of allylic oxidation sites excluding steroid dienone is 4. The van der Waals surface area contributed by atoms with E-state index < -0.39 is 0 Å². The van der Waals surface area contributed by atoms with Crippen LogP contribution in [-0.4, -0.2) is 0 Å². The Morgan fingerprint density at radius 2 is 2.00 bits per heavy atom. The van der Waals surface area contributed by atoms with E-state index >= 15 is 0 Å². The zero-order chi connectivity index (χ0) is 15.0. The van der Waals surface area contributed by atoms with Gasteiger partial charge in [0, 0.05) is 0 Å². The van der Waals surface area contributed by atoms with Gasteiger partial charge in [0.05, 0.1) is 0 Å². The maximum Gasteiger partial charge on any atom is -0.0231 e. The van der Waals surface area contributed by atoms with Crippen molar-refractivity contribution in [1.29, 1.82) is 0 Å². The maximum absolute atomic E-state index is 2.47. The fraction of sp³-hybridized carbons (Fsp3) is 0.800. The SMILES string of the molecule is CC=CC(CCC)CC(CC)C1CC(C)C=CCC1C. The highest BCUT2D eigenvalue weighted by Gasteiger charge is 2.28. The summed E-state index contributed by atoms with van der Waals surface area (Å²) in [5.74, 6) is 4.24. The van der Waals surface area contributed by atoms with Gasteiger partial charge in [0.25, 0.3) is 0 Å². The average molecular weight is 277 g/mol. The van der Waals surface area contributed by atoms with Crippen LogP contribution >= 0.6 is 0 Å². The summed E-state index contributed by atoms with van der Waals surface area (Å²) < 4.78 is 0. The molecule has 0 bridgehead atoms. The van der Waals surface area contributed by atoms with Gasteiger partial charge in [-0.1, -0.05) is 64.8 Å². The second-order valence-electron chi connectivity index (χ2n) is 7.00. The third-order valence-electron chi connectivity index (χ3n) is 5.21. The van der Waals surface area contributed by atoms with Gasteiger partial charge in [-0.05, 0) is 62.2 Å². The Kier molecular flexibility index (Phi) is 8.26. The summed E-state index contributed by atoms with van der Waals surface area (Å²) in [5, 5.41) is 0. The Hall–Kier alpha value is -0.520. The van der Waals surface area contributed by atoms with Crippen LogP contribution in [-0.2, 0) is 0 Å². The summed E-state index contributed by atoms with van der Waals surface area (Å²) >= 11 is 0. The first kappa shape index (κ1) is 17.5. The summed E-state index contributed by atoms with van der Waals surface area (Å²) in [7, 11) is 0. The maximum atomic E-state index is 2.47. The molecule has 0 aromatic carbocycles. The van der Waals surface area contributed by atoms with Crippen LogP contribution in [0, 0.1) is 29.6 Å². The van der Waals surface area contributed by atoms with Crippen molar-refractivity contribution in [3.05, 3.63) is 24.3 Å². The minimum atomic E-state index is 0.769. The lowest BCUT2D eigenvalue weighted by Crippen LogP contribution is -2.24. The van der Waals surface area contributed by atoms with Crippen LogP contribution in [0.3, 0.4) is 0 Å². The highest BCUT2D eigenvalue weighted by molar-refractivity contribution is 4.96. The molecule has 0 N–H and O–H groups in total. The van der Waals surface area contributed by atoms with E-state index in [1.807, 2.05) is 0 Å². The molecular weight excluding hydrogens is 240 g/mol. The molecule has 0 nitrogen and oxygen atoms in total. The van der Waals surface area contributed by atoms with Crippen LogP contribution in [0.5, 0.6) is 0 Å². The number of hydrogen-bond acceptors (Lipinski definition) is 0. The predicted octanol–water partition coefficient (Wildman–Crippen LogP) is 6.63. The fourth-order valence-electron chi connectivity index (χ4n) is 4.07. The van der Waals surface area contributed by atoms with Gasteiger partial charge in [0.2, 0.25) is 0 Å². The van der Waals surface area contributed by atoms with E-state index in [1.54, 1.807) is 0 Å². The molecule has 116 valence electrons. The summed E-state index contributed by atoms with van der Waals surface area (Å²) in [6.07, 6.45) is 17.7. The molecule has 0 spiro atoms. The monoisotopic (exact) mass is 276 g/mol. The molecular formula is C20H36. The van der Waals surface area contributed by atoms with E-state index in [0.717, 1.165) is 29.6 Å². The van der Waals surface area contributed by atoms with Crippen LogP contribution in [0.1, 0.15) is 73.1 Å². The summed E-state index contributed by atoms with van der Waals surface area (Å²) in [5.41, 5.74) is 0. The lowest BCUT2D eigenvalue weighted by Gasteiger charge is -2.33. The molecule has 1 rings (SSSR count). The van der Waals surface area contributed by atoms with Crippen LogP contribution in [0.2, 0.25) is 0 Å². The van der Waals surface area contributed by atoms with Gasteiger partial charge in [0.1, 0.15) is 0 Å². The van der Waals surface area contributed by atoms with Gasteiger partial charge in [0.15, 0.2) is 0 Å². The lowest BCUT2D eigenvalue weighted by molar-refractivity contribution is 0.182. The minimum absolute atomic E-state index is 0.769. The molecule has 0 heteroatoms. The molecule has 0 fully saturated rings. The third-order valence-corrected chi connectivity index (χ3v) is 5.21. The minimum Gasteiger partial charge on any atom is -0.0914 e. The number of hydrogen-bond donors (Lipinski definition) is 0. The van der Waals surface area contributed by atoms with Gasteiger partial charge < -0.3 is 0 Å². The van der Waals surface area contributed by atoms with Crippen LogP contribution in [0.4, 0.5) is 0 Å². The zero-order valence-electron chi connectivity index (χ0n) is 14.4. The van der Waals surface area contributed by atoms with Crippen molar-refractivity contribution in [2.45, 2.75) is 73.1 Å². The molecule has 0 saturated carbocycles. The zero-order valence-corrected chi connectivity index (χ0v) is 14.4. The van der Waals surface area contributed by atoms with Crippen molar-refractivity contribution in [2.75, 3.05) is 0 Å². The van der Waals surface area contributed by atoms with E-state index in [0.29, 0.717) is 0 Å². The Morgan fingerprint density at radius 3 is 2.60 bits per heavy atom. The summed E-state index contributed by atoms with van der Waals surface area (Å²) in [4.78, 5) is 0. The summed E-state index contributed by atoms with van der Waals surface area (Å²) in [6.45, 7) is 11.8. The fourth-order valence-corrected chi connectivity index (χ4v) is 4.07. The van der Waals surface area contributed by atoms with Gasteiger partial charge in [-0.25, -0.2) is 0 Å². The van der Waals surface area contributed by atoms with Crippen molar-refractivity contribution < 1.29 is 0 Å². The van der Waals surface area contributed by atoms with Crippen molar-refractivity contribution in [2.24, 2.45) is 29.6 Å². The molecule has 0 aromatic rings. The molecule has 5 unspecified atom stereocenters. The van der Waals surface area contributed by atoms with Crippen molar-refractivity contribution in [1.82, 2.24) is 0 Å². The smallest absolute Gasteiger partial charge is 0.0231 e. The topological polar surface area (TPSA) is 0 Å².